The van der Waals surface area contributed by atoms with E-state index in [-0.39, 0.29) is 5.91 Å². The Hall–Kier alpha value is -3.73. The van der Waals surface area contributed by atoms with Crippen LogP contribution in [0.3, 0.4) is 0 Å². The van der Waals surface area contributed by atoms with E-state index in [4.69, 9.17) is 4.42 Å². The molecule has 2 heterocycles. The van der Waals surface area contributed by atoms with Crippen molar-refractivity contribution in [3.63, 3.8) is 0 Å². The largest absolute Gasteiger partial charge is 0.449 e. The fourth-order valence-electron chi connectivity index (χ4n) is 2.63. The van der Waals surface area contributed by atoms with Gasteiger partial charge in [-0.3, -0.25) is 10.1 Å². The van der Waals surface area contributed by atoms with Crippen molar-refractivity contribution >= 4 is 11.8 Å². The van der Waals surface area contributed by atoms with Crippen molar-refractivity contribution in [2.75, 3.05) is 5.32 Å². The topological polar surface area (TPSA) is 68.0 Å². The van der Waals surface area contributed by atoms with Gasteiger partial charge >= 0.3 is 0 Å². The van der Waals surface area contributed by atoms with Gasteiger partial charge in [-0.2, -0.15) is 0 Å². The number of hydrogen-bond acceptors (Lipinski definition) is 4. The van der Waals surface area contributed by atoms with Crippen LogP contribution in [0.4, 0.5) is 5.88 Å². The van der Waals surface area contributed by atoms with Crippen LogP contribution in [0.25, 0.3) is 22.5 Å². The van der Waals surface area contributed by atoms with Gasteiger partial charge in [-0.15, -0.1) is 0 Å². The van der Waals surface area contributed by atoms with Gasteiger partial charge in [0.1, 0.15) is 5.69 Å². The highest BCUT2D eigenvalue weighted by Crippen LogP contribution is 2.25. The maximum atomic E-state index is 12.8. The van der Waals surface area contributed by atoms with Gasteiger partial charge in [0.05, 0.1) is 6.26 Å². The highest BCUT2D eigenvalue weighted by atomic mass is 16.3. The van der Waals surface area contributed by atoms with Crippen LogP contribution in [-0.4, -0.2) is 15.9 Å². The third-order valence-electron chi connectivity index (χ3n) is 3.88. The van der Waals surface area contributed by atoms with E-state index in [0.29, 0.717) is 23.0 Å². The third kappa shape index (κ3) is 3.23. The van der Waals surface area contributed by atoms with Crippen LogP contribution in [0.1, 0.15) is 10.5 Å². The lowest BCUT2D eigenvalue weighted by Crippen LogP contribution is -2.15. The highest BCUT2D eigenvalue weighted by Gasteiger charge is 2.18. The molecule has 0 saturated carbocycles. The molecule has 0 fully saturated rings. The standard InChI is InChI=1S/C21H15N3O2/c25-21(23-18-12-7-13-26-18)19-17(15-8-3-1-4-9-15)14-22-20(24-19)16-10-5-2-6-11-16/h1-14H,(H,23,25). The van der Waals surface area contributed by atoms with Crippen molar-refractivity contribution in [2.45, 2.75) is 0 Å². The Labute approximate surface area is 150 Å². The van der Waals surface area contributed by atoms with Crippen LogP contribution >= 0.6 is 0 Å². The van der Waals surface area contributed by atoms with E-state index in [9.17, 15) is 4.79 Å². The second-order valence-electron chi connectivity index (χ2n) is 5.62. The smallest absolute Gasteiger partial charge is 0.277 e. The zero-order valence-corrected chi connectivity index (χ0v) is 13.8. The number of anilines is 1. The molecule has 0 aliphatic carbocycles. The molecule has 0 spiro atoms. The predicted molar refractivity (Wildman–Crippen MR) is 99.6 cm³/mol. The maximum absolute atomic E-state index is 12.8. The number of carbonyl (C=O) groups is 1. The van der Waals surface area contributed by atoms with Gasteiger partial charge in [-0.05, 0) is 11.6 Å². The number of carbonyl (C=O) groups excluding carboxylic acids is 1. The van der Waals surface area contributed by atoms with Crippen LogP contribution in [0.5, 0.6) is 0 Å². The summed E-state index contributed by atoms with van der Waals surface area (Å²) < 4.78 is 5.21. The summed E-state index contributed by atoms with van der Waals surface area (Å²) in [6.45, 7) is 0. The average Bonchev–Trinajstić information content (AvgIpc) is 3.22. The molecule has 4 rings (SSSR count). The van der Waals surface area contributed by atoms with Crippen LogP contribution in [0, 0.1) is 0 Å². The average molecular weight is 341 g/mol. The van der Waals surface area contributed by atoms with Gasteiger partial charge in [0.2, 0.25) is 0 Å². The number of amides is 1. The van der Waals surface area contributed by atoms with Gasteiger partial charge in [-0.25, -0.2) is 9.97 Å². The van der Waals surface area contributed by atoms with Crippen molar-refractivity contribution in [3.05, 3.63) is 91.0 Å². The van der Waals surface area contributed by atoms with Crippen molar-refractivity contribution in [1.82, 2.24) is 9.97 Å². The molecule has 0 radical (unpaired) electrons. The maximum Gasteiger partial charge on any atom is 0.277 e. The van der Waals surface area contributed by atoms with E-state index < -0.39 is 0 Å². The number of hydrogen-bond donors (Lipinski definition) is 1. The zero-order chi connectivity index (χ0) is 17.8. The van der Waals surface area contributed by atoms with Gasteiger partial charge in [-0.1, -0.05) is 60.7 Å². The van der Waals surface area contributed by atoms with E-state index >= 15 is 0 Å². The van der Waals surface area contributed by atoms with E-state index in [1.165, 1.54) is 6.26 Å². The van der Waals surface area contributed by atoms with Crippen LogP contribution < -0.4 is 5.32 Å². The van der Waals surface area contributed by atoms with Crippen LogP contribution in [0.15, 0.2) is 89.7 Å². The first-order valence-electron chi connectivity index (χ1n) is 8.14. The molecular formula is C21H15N3O2. The van der Waals surface area contributed by atoms with Crippen molar-refractivity contribution in [2.24, 2.45) is 0 Å². The summed E-state index contributed by atoms with van der Waals surface area (Å²) in [6, 6.07) is 22.5. The first kappa shape index (κ1) is 15.8. The van der Waals surface area contributed by atoms with Crippen molar-refractivity contribution < 1.29 is 9.21 Å². The predicted octanol–water partition coefficient (Wildman–Crippen LogP) is 4.66. The molecule has 2 aromatic heterocycles. The Morgan fingerprint density at radius 3 is 2.19 bits per heavy atom. The fourth-order valence-corrected chi connectivity index (χ4v) is 2.63. The second kappa shape index (κ2) is 7.03. The zero-order valence-electron chi connectivity index (χ0n) is 13.8. The number of furan rings is 1. The Morgan fingerprint density at radius 2 is 1.54 bits per heavy atom. The molecule has 2 aromatic carbocycles. The molecule has 5 nitrogen and oxygen atoms in total. The molecule has 0 aliphatic rings. The number of nitrogens with zero attached hydrogens (tertiary/aromatic N) is 2. The van der Waals surface area contributed by atoms with Crippen molar-refractivity contribution in [1.29, 1.82) is 0 Å². The molecule has 0 atom stereocenters. The summed E-state index contributed by atoms with van der Waals surface area (Å²) in [5.41, 5.74) is 2.67. The lowest BCUT2D eigenvalue weighted by atomic mass is 10.0. The van der Waals surface area contributed by atoms with E-state index in [1.54, 1.807) is 18.3 Å². The molecule has 26 heavy (non-hydrogen) atoms. The van der Waals surface area contributed by atoms with Crippen LogP contribution in [0.2, 0.25) is 0 Å². The SMILES string of the molecule is O=C(Nc1ccco1)c1nc(-c2ccccc2)ncc1-c1ccccc1. The molecule has 4 aromatic rings. The molecular weight excluding hydrogens is 326 g/mol. The van der Waals surface area contributed by atoms with Gasteiger partial charge < -0.3 is 4.42 Å². The number of benzene rings is 2. The Morgan fingerprint density at radius 1 is 0.846 bits per heavy atom. The number of rotatable bonds is 4. The summed E-state index contributed by atoms with van der Waals surface area (Å²) in [5, 5.41) is 2.73. The Balaban J connectivity index is 1.80. The molecule has 1 amide bonds. The minimum atomic E-state index is -0.349. The molecule has 5 heteroatoms. The quantitative estimate of drug-likeness (QED) is 0.586. The van der Waals surface area contributed by atoms with Gasteiger partial charge in [0, 0.05) is 23.4 Å². The molecule has 0 unspecified atom stereocenters. The van der Waals surface area contributed by atoms with Crippen molar-refractivity contribution in [3.8, 4) is 22.5 Å². The number of nitrogens with one attached hydrogen (secondary N) is 1. The normalized spacial score (nSPS) is 10.5. The molecule has 0 bridgehead atoms. The number of aromatic nitrogens is 2. The van der Waals surface area contributed by atoms with Gasteiger partial charge in [0.25, 0.3) is 5.91 Å². The molecule has 1 N–H and O–H groups in total. The first-order valence-corrected chi connectivity index (χ1v) is 8.14. The minimum absolute atomic E-state index is 0.293. The summed E-state index contributed by atoms with van der Waals surface area (Å²) in [6.07, 6.45) is 3.19. The molecule has 0 saturated heterocycles. The lowest BCUT2D eigenvalue weighted by molar-refractivity contribution is 0.102. The lowest BCUT2D eigenvalue weighted by Gasteiger charge is -2.10. The van der Waals surface area contributed by atoms with E-state index in [1.807, 2.05) is 60.7 Å². The summed E-state index contributed by atoms with van der Waals surface area (Å²) in [7, 11) is 0. The first-order chi connectivity index (χ1) is 12.8. The van der Waals surface area contributed by atoms with Gasteiger partial charge in [0.15, 0.2) is 11.7 Å². The minimum Gasteiger partial charge on any atom is -0.449 e. The van der Waals surface area contributed by atoms with Crippen LogP contribution in [-0.2, 0) is 0 Å². The molecule has 0 aliphatic heterocycles. The Bertz CT molecular complexity index is 1010. The second-order valence-corrected chi connectivity index (χ2v) is 5.62. The van der Waals surface area contributed by atoms with E-state index in [0.717, 1.165) is 11.1 Å². The molecule has 126 valence electrons. The summed E-state index contributed by atoms with van der Waals surface area (Å²) in [4.78, 5) is 21.8. The highest BCUT2D eigenvalue weighted by molar-refractivity contribution is 6.06. The van der Waals surface area contributed by atoms with E-state index in [2.05, 4.69) is 15.3 Å². The summed E-state index contributed by atoms with van der Waals surface area (Å²) >= 11 is 0. The Kier molecular flexibility index (Phi) is 4.26. The third-order valence-corrected chi connectivity index (χ3v) is 3.88. The summed E-state index contributed by atoms with van der Waals surface area (Å²) in [5.74, 6) is 0.516. The fraction of sp³-hybridized carbons (Fsp3) is 0. The monoisotopic (exact) mass is 341 g/mol.